The van der Waals surface area contributed by atoms with Crippen LogP contribution in [0.15, 0.2) is 41.3 Å². The van der Waals surface area contributed by atoms with Crippen LogP contribution in [0.5, 0.6) is 0 Å². The predicted molar refractivity (Wildman–Crippen MR) is 94.1 cm³/mol. The molecule has 0 saturated heterocycles. The molecule has 0 amide bonds. The van der Waals surface area contributed by atoms with Crippen LogP contribution in [0.4, 0.5) is 5.69 Å². The first-order valence-electron chi connectivity index (χ1n) is 7.31. The fourth-order valence-electron chi connectivity index (χ4n) is 2.18. The summed E-state index contributed by atoms with van der Waals surface area (Å²) in [5.41, 5.74) is 2.40. The Balaban J connectivity index is 2.41. The van der Waals surface area contributed by atoms with Gasteiger partial charge >= 0.3 is 5.97 Å². The fourth-order valence-corrected chi connectivity index (χ4v) is 3.84. The third-order valence-electron chi connectivity index (χ3n) is 3.36. The smallest absolute Gasteiger partial charge is 0.338 e. The summed E-state index contributed by atoms with van der Waals surface area (Å²) in [5, 5.41) is 0.0281. The molecular formula is C17H18ClNO4S. The van der Waals surface area contributed by atoms with E-state index in [4.69, 9.17) is 16.3 Å². The lowest BCUT2D eigenvalue weighted by Crippen LogP contribution is -2.15. The van der Waals surface area contributed by atoms with Crippen LogP contribution in [0, 0.1) is 13.8 Å². The van der Waals surface area contributed by atoms with Crippen molar-refractivity contribution in [3.8, 4) is 0 Å². The Morgan fingerprint density at radius 2 is 1.88 bits per heavy atom. The molecule has 0 spiro atoms. The van der Waals surface area contributed by atoms with Crippen LogP contribution in [-0.4, -0.2) is 21.0 Å². The van der Waals surface area contributed by atoms with Crippen molar-refractivity contribution < 1.29 is 17.9 Å². The van der Waals surface area contributed by atoms with Gasteiger partial charge in [-0.2, -0.15) is 0 Å². The number of halogens is 1. The normalized spacial score (nSPS) is 11.2. The Labute approximate surface area is 146 Å². The third kappa shape index (κ3) is 4.07. The molecule has 0 aliphatic heterocycles. The van der Waals surface area contributed by atoms with Crippen LogP contribution in [0.1, 0.15) is 28.4 Å². The average Bonchev–Trinajstić information content (AvgIpc) is 2.50. The largest absolute Gasteiger partial charge is 0.462 e. The molecule has 0 aromatic heterocycles. The molecule has 2 aromatic carbocycles. The Morgan fingerprint density at radius 1 is 1.17 bits per heavy atom. The summed E-state index contributed by atoms with van der Waals surface area (Å²) >= 11 is 6.02. The van der Waals surface area contributed by atoms with E-state index in [-0.39, 0.29) is 22.1 Å². The SMILES string of the molecule is CCOC(=O)c1ccc(Cl)c(S(=O)(=O)Nc2ccc(C)cc2C)c1. The number of carbonyl (C=O) groups is 1. The van der Waals surface area contributed by atoms with Crippen molar-refractivity contribution >= 4 is 33.3 Å². The number of hydrogen-bond acceptors (Lipinski definition) is 4. The minimum absolute atomic E-state index is 0.0281. The van der Waals surface area contributed by atoms with E-state index in [2.05, 4.69) is 4.72 Å². The van der Waals surface area contributed by atoms with E-state index in [9.17, 15) is 13.2 Å². The zero-order valence-corrected chi connectivity index (χ0v) is 15.2. The lowest BCUT2D eigenvalue weighted by Gasteiger charge is -2.13. The molecule has 0 radical (unpaired) electrons. The van der Waals surface area contributed by atoms with Gasteiger partial charge in [-0.3, -0.25) is 4.72 Å². The van der Waals surface area contributed by atoms with E-state index in [1.165, 1.54) is 18.2 Å². The summed E-state index contributed by atoms with van der Waals surface area (Å²) in [6.45, 7) is 5.60. The van der Waals surface area contributed by atoms with Crippen LogP contribution < -0.4 is 4.72 Å². The molecule has 0 aliphatic rings. The highest BCUT2D eigenvalue weighted by atomic mass is 35.5. The third-order valence-corrected chi connectivity index (χ3v) is 5.21. The van der Waals surface area contributed by atoms with Gasteiger partial charge in [0, 0.05) is 0 Å². The summed E-state index contributed by atoms with van der Waals surface area (Å²) < 4.78 is 32.7. The number of anilines is 1. The van der Waals surface area contributed by atoms with Gasteiger partial charge in [0.1, 0.15) is 4.90 Å². The number of hydrogen-bond donors (Lipinski definition) is 1. The van der Waals surface area contributed by atoms with Crippen molar-refractivity contribution in [3.63, 3.8) is 0 Å². The Kier molecular flexibility index (Phi) is 5.51. The molecule has 0 saturated carbocycles. The topological polar surface area (TPSA) is 72.5 Å². The minimum atomic E-state index is -3.94. The monoisotopic (exact) mass is 367 g/mol. The molecule has 0 fully saturated rings. The Morgan fingerprint density at radius 3 is 2.50 bits per heavy atom. The van der Waals surface area contributed by atoms with E-state index >= 15 is 0 Å². The molecule has 0 bridgehead atoms. The van der Waals surface area contributed by atoms with Gasteiger partial charge in [0.15, 0.2) is 0 Å². The molecule has 128 valence electrons. The molecule has 1 N–H and O–H groups in total. The molecule has 0 aliphatic carbocycles. The van der Waals surface area contributed by atoms with Gasteiger partial charge in [-0.1, -0.05) is 29.3 Å². The van der Waals surface area contributed by atoms with E-state index in [0.717, 1.165) is 11.1 Å². The quantitative estimate of drug-likeness (QED) is 0.812. The molecule has 0 heterocycles. The lowest BCUT2D eigenvalue weighted by atomic mass is 10.1. The zero-order chi connectivity index (χ0) is 17.9. The van der Waals surface area contributed by atoms with Crippen LogP contribution in [0.25, 0.3) is 0 Å². The lowest BCUT2D eigenvalue weighted by molar-refractivity contribution is 0.0526. The van der Waals surface area contributed by atoms with Crippen LogP contribution in [0.3, 0.4) is 0 Å². The van der Waals surface area contributed by atoms with Crippen molar-refractivity contribution in [2.24, 2.45) is 0 Å². The highest BCUT2D eigenvalue weighted by Gasteiger charge is 2.21. The van der Waals surface area contributed by atoms with Gasteiger partial charge < -0.3 is 4.74 Å². The maximum Gasteiger partial charge on any atom is 0.338 e. The first-order valence-corrected chi connectivity index (χ1v) is 9.17. The number of carbonyl (C=O) groups excluding carboxylic acids is 1. The molecule has 24 heavy (non-hydrogen) atoms. The molecule has 0 unspecified atom stereocenters. The first kappa shape index (κ1) is 18.3. The number of benzene rings is 2. The predicted octanol–water partition coefficient (Wildman–Crippen LogP) is 3.93. The Bertz CT molecular complexity index is 878. The van der Waals surface area contributed by atoms with Crippen LogP contribution in [0.2, 0.25) is 5.02 Å². The highest BCUT2D eigenvalue weighted by Crippen LogP contribution is 2.27. The second-order valence-electron chi connectivity index (χ2n) is 5.29. The molecule has 2 rings (SSSR count). The zero-order valence-electron chi connectivity index (χ0n) is 13.6. The number of esters is 1. The van der Waals surface area contributed by atoms with Gasteiger partial charge in [-0.15, -0.1) is 0 Å². The van der Waals surface area contributed by atoms with Crippen LogP contribution >= 0.6 is 11.6 Å². The first-order chi connectivity index (χ1) is 11.2. The van der Waals surface area contributed by atoms with Gasteiger partial charge in [-0.05, 0) is 50.6 Å². The van der Waals surface area contributed by atoms with Crippen molar-refractivity contribution in [2.75, 3.05) is 11.3 Å². The van der Waals surface area contributed by atoms with E-state index in [1.54, 1.807) is 13.0 Å². The molecular weight excluding hydrogens is 350 g/mol. The summed E-state index contributed by atoms with van der Waals surface area (Å²) in [6, 6.07) is 9.37. The maximum atomic E-state index is 12.6. The summed E-state index contributed by atoms with van der Waals surface area (Å²) in [6.07, 6.45) is 0. The number of ether oxygens (including phenoxy) is 1. The highest BCUT2D eigenvalue weighted by molar-refractivity contribution is 7.92. The number of rotatable bonds is 5. The van der Waals surface area contributed by atoms with E-state index in [1.807, 2.05) is 26.0 Å². The second-order valence-corrected chi connectivity index (χ2v) is 7.35. The van der Waals surface area contributed by atoms with Gasteiger partial charge in [0.2, 0.25) is 0 Å². The van der Waals surface area contributed by atoms with Crippen molar-refractivity contribution in [3.05, 3.63) is 58.1 Å². The number of nitrogens with one attached hydrogen (secondary N) is 1. The molecule has 0 atom stereocenters. The maximum absolute atomic E-state index is 12.6. The summed E-state index contributed by atoms with van der Waals surface area (Å²) in [7, 11) is -3.94. The molecule has 5 nitrogen and oxygen atoms in total. The number of aryl methyl sites for hydroxylation is 2. The second kappa shape index (κ2) is 7.23. The molecule has 7 heteroatoms. The van der Waals surface area contributed by atoms with E-state index < -0.39 is 16.0 Å². The van der Waals surface area contributed by atoms with Crippen molar-refractivity contribution in [2.45, 2.75) is 25.7 Å². The number of sulfonamides is 1. The van der Waals surface area contributed by atoms with Gasteiger partial charge in [0.25, 0.3) is 10.0 Å². The fraction of sp³-hybridized carbons (Fsp3) is 0.235. The molecule has 2 aromatic rings. The van der Waals surface area contributed by atoms with E-state index in [0.29, 0.717) is 5.69 Å². The Hall–Kier alpha value is -2.05. The van der Waals surface area contributed by atoms with Gasteiger partial charge in [-0.25, -0.2) is 13.2 Å². The summed E-state index contributed by atoms with van der Waals surface area (Å²) in [5.74, 6) is -0.600. The summed E-state index contributed by atoms with van der Waals surface area (Å²) in [4.78, 5) is 11.6. The standard InChI is InChI=1S/C17H18ClNO4S/c1-4-23-17(20)13-6-7-14(18)16(10-13)24(21,22)19-15-8-5-11(2)9-12(15)3/h5-10,19H,4H2,1-3H3. The van der Waals surface area contributed by atoms with Crippen molar-refractivity contribution in [1.82, 2.24) is 0 Å². The average molecular weight is 368 g/mol. The van der Waals surface area contributed by atoms with Crippen LogP contribution in [-0.2, 0) is 14.8 Å². The minimum Gasteiger partial charge on any atom is -0.462 e. The van der Waals surface area contributed by atoms with Gasteiger partial charge in [0.05, 0.1) is 22.9 Å². The van der Waals surface area contributed by atoms with Crippen molar-refractivity contribution in [1.29, 1.82) is 0 Å².